The van der Waals surface area contributed by atoms with Gasteiger partial charge in [0, 0.05) is 5.56 Å². The number of carbonyl (C=O) groups is 1. The summed E-state index contributed by atoms with van der Waals surface area (Å²) < 4.78 is 0. The van der Waals surface area contributed by atoms with E-state index in [4.69, 9.17) is 28.9 Å². The van der Waals surface area contributed by atoms with E-state index in [1.54, 1.807) is 18.2 Å². The number of hydrogen-bond donors (Lipinski definition) is 1. The minimum absolute atomic E-state index is 0.413. The summed E-state index contributed by atoms with van der Waals surface area (Å²) in [7, 11) is 0. The average Bonchev–Trinajstić information content (AvgIpc) is 2.36. The predicted molar refractivity (Wildman–Crippen MR) is 79.0 cm³/mol. The van der Waals surface area contributed by atoms with Crippen LogP contribution in [0.25, 0.3) is 0 Å². The van der Waals surface area contributed by atoms with Crippen molar-refractivity contribution < 1.29 is 4.79 Å². The van der Waals surface area contributed by atoms with Crippen molar-refractivity contribution in [1.82, 2.24) is 0 Å². The number of aryl methyl sites for hydroxylation is 1. The molecule has 4 heteroatoms. The largest absolute Gasteiger partial charge is 0.366 e. The first-order chi connectivity index (χ1) is 8.97. The van der Waals surface area contributed by atoms with Crippen molar-refractivity contribution in [1.29, 1.82) is 0 Å². The van der Waals surface area contributed by atoms with E-state index in [9.17, 15) is 4.79 Å². The van der Waals surface area contributed by atoms with Crippen LogP contribution in [0.1, 0.15) is 27.0 Å². The van der Waals surface area contributed by atoms with E-state index < -0.39 is 5.91 Å². The molecule has 2 aromatic carbocycles. The SMILES string of the molecule is Cc1cc(C(N)=O)ccc1Cc1ccc(Cl)c(Cl)c1. The molecule has 0 radical (unpaired) electrons. The van der Waals surface area contributed by atoms with Crippen molar-refractivity contribution in [3.05, 3.63) is 68.7 Å². The second-order valence-electron chi connectivity index (χ2n) is 4.43. The van der Waals surface area contributed by atoms with Crippen LogP contribution in [-0.4, -0.2) is 5.91 Å². The van der Waals surface area contributed by atoms with Crippen LogP contribution in [0.2, 0.25) is 10.0 Å². The van der Waals surface area contributed by atoms with E-state index in [0.29, 0.717) is 15.6 Å². The Labute approximate surface area is 122 Å². The maximum Gasteiger partial charge on any atom is 0.248 e. The van der Waals surface area contributed by atoms with Crippen LogP contribution >= 0.6 is 23.2 Å². The lowest BCUT2D eigenvalue weighted by Crippen LogP contribution is -2.11. The molecular formula is C15H13Cl2NO. The molecular weight excluding hydrogens is 281 g/mol. The summed E-state index contributed by atoms with van der Waals surface area (Å²) in [5.74, 6) is -0.413. The lowest BCUT2D eigenvalue weighted by molar-refractivity contribution is 0.1000. The number of amides is 1. The van der Waals surface area contributed by atoms with Crippen LogP contribution in [0.4, 0.5) is 0 Å². The van der Waals surface area contributed by atoms with Gasteiger partial charge in [-0.1, -0.05) is 35.3 Å². The Morgan fingerprint density at radius 2 is 1.84 bits per heavy atom. The first kappa shape index (κ1) is 13.9. The second-order valence-corrected chi connectivity index (χ2v) is 5.25. The van der Waals surface area contributed by atoms with Crippen LogP contribution in [-0.2, 0) is 6.42 Å². The molecule has 0 saturated carbocycles. The molecule has 0 aromatic heterocycles. The van der Waals surface area contributed by atoms with Crippen molar-refractivity contribution in [2.24, 2.45) is 5.73 Å². The molecule has 2 aromatic rings. The number of halogens is 2. The van der Waals surface area contributed by atoms with Gasteiger partial charge < -0.3 is 5.73 Å². The molecule has 0 aliphatic rings. The van der Waals surface area contributed by atoms with Gasteiger partial charge >= 0.3 is 0 Å². The molecule has 0 spiro atoms. The Balaban J connectivity index is 2.28. The fourth-order valence-electron chi connectivity index (χ4n) is 1.92. The lowest BCUT2D eigenvalue weighted by atomic mass is 9.98. The molecule has 2 N–H and O–H groups in total. The van der Waals surface area contributed by atoms with Crippen LogP contribution in [0.3, 0.4) is 0 Å². The van der Waals surface area contributed by atoms with Gasteiger partial charge in [0.25, 0.3) is 0 Å². The van der Waals surface area contributed by atoms with Crippen LogP contribution < -0.4 is 5.73 Å². The highest BCUT2D eigenvalue weighted by atomic mass is 35.5. The molecule has 0 unspecified atom stereocenters. The zero-order chi connectivity index (χ0) is 14.0. The second kappa shape index (κ2) is 5.64. The summed E-state index contributed by atoms with van der Waals surface area (Å²) in [5.41, 5.74) is 9.01. The number of hydrogen-bond acceptors (Lipinski definition) is 1. The van der Waals surface area contributed by atoms with Gasteiger partial charge in [-0.2, -0.15) is 0 Å². The summed E-state index contributed by atoms with van der Waals surface area (Å²) in [6.07, 6.45) is 0.738. The maximum absolute atomic E-state index is 11.1. The molecule has 0 fully saturated rings. The van der Waals surface area contributed by atoms with Gasteiger partial charge in [0.2, 0.25) is 5.91 Å². The maximum atomic E-state index is 11.1. The zero-order valence-electron chi connectivity index (χ0n) is 10.4. The molecule has 19 heavy (non-hydrogen) atoms. The highest BCUT2D eigenvalue weighted by molar-refractivity contribution is 6.42. The topological polar surface area (TPSA) is 43.1 Å². The summed E-state index contributed by atoms with van der Waals surface area (Å²) >= 11 is 11.9. The Bertz CT molecular complexity index is 638. The van der Waals surface area contributed by atoms with E-state index in [2.05, 4.69) is 0 Å². The standard InChI is InChI=1S/C15H13Cl2NO/c1-9-6-12(15(18)19)4-3-11(9)7-10-2-5-13(16)14(17)8-10/h2-6,8H,7H2,1H3,(H2,18,19). The summed E-state index contributed by atoms with van der Waals surface area (Å²) in [6, 6.07) is 11.0. The van der Waals surface area contributed by atoms with Crippen molar-refractivity contribution in [2.75, 3.05) is 0 Å². The smallest absolute Gasteiger partial charge is 0.248 e. The molecule has 1 amide bonds. The minimum Gasteiger partial charge on any atom is -0.366 e. The van der Waals surface area contributed by atoms with E-state index >= 15 is 0 Å². The molecule has 2 rings (SSSR count). The Morgan fingerprint density at radius 1 is 1.11 bits per heavy atom. The van der Waals surface area contributed by atoms with E-state index in [0.717, 1.165) is 23.1 Å². The molecule has 0 heterocycles. The van der Waals surface area contributed by atoms with E-state index in [1.807, 2.05) is 25.1 Å². The molecule has 0 atom stereocenters. The monoisotopic (exact) mass is 293 g/mol. The Hall–Kier alpha value is -1.51. The van der Waals surface area contributed by atoms with Crippen LogP contribution in [0, 0.1) is 6.92 Å². The summed E-state index contributed by atoms with van der Waals surface area (Å²) in [5, 5.41) is 1.09. The minimum atomic E-state index is -0.413. The zero-order valence-corrected chi connectivity index (χ0v) is 11.9. The normalized spacial score (nSPS) is 10.5. The highest BCUT2D eigenvalue weighted by Crippen LogP contribution is 2.24. The summed E-state index contributed by atoms with van der Waals surface area (Å²) in [6.45, 7) is 1.96. The molecule has 0 saturated heterocycles. The fourth-order valence-corrected chi connectivity index (χ4v) is 2.24. The van der Waals surface area contributed by atoms with Crippen molar-refractivity contribution in [3.63, 3.8) is 0 Å². The molecule has 0 bridgehead atoms. The molecule has 98 valence electrons. The van der Waals surface area contributed by atoms with Gasteiger partial charge in [0.15, 0.2) is 0 Å². The van der Waals surface area contributed by atoms with Gasteiger partial charge in [-0.15, -0.1) is 0 Å². The van der Waals surface area contributed by atoms with E-state index in [-0.39, 0.29) is 0 Å². The molecule has 0 aliphatic heterocycles. The quantitative estimate of drug-likeness (QED) is 0.913. The van der Waals surface area contributed by atoms with Gasteiger partial charge in [-0.05, 0) is 54.3 Å². The lowest BCUT2D eigenvalue weighted by Gasteiger charge is -2.08. The Morgan fingerprint density at radius 3 is 2.42 bits per heavy atom. The van der Waals surface area contributed by atoms with Crippen molar-refractivity contribution in [2.45, 2.75) is 13.3 Å². The molecule has 0 aliphatic carbocycles. The number of primary amides is 1. The van der Waals surface area contributed by atoms with Gasteiger partial charge in [0.1, 0.15) is 0 Å². The van der Waals surface area contributed by atoms with Gasteiger partial charge in [-0.3, -0.25) is 4.79 Å². The van der Waals surface area contributed by atoms with Gasteiger partial charge in [-0.25, -0.2) is 0 Å². The van der Waals surface area contributed by atoms with Gasteiger partial charge in [0.05, 0.1) is 10.0 Å². The van der Waals surface area contributed by atoms with Crippen molar-refractivity contribution >= 4 is 29.1 Å². The first-order valence-electron chi connectivity index (χ1n) is 5.80. The number of nitrogens with two attached hydrogens (primary N) is 1. The molecule has 2 nitrogen and oxygen atoms in total. The summed E-state index contributed by atoms with van der Waals surface area (Å²) in [4.78, 5) is 11.1. The van der Waals surface area contributed by atoms with E-state index in [1.165, 1.54) is 0 Å². The number of carbonyl (C=O) groups excluding carboxylic acids is 1. The third-order valence-electron chi connectivity index (χ3n) is 3.01. The predicted octanol–water partition coefficient (Wildman–Crippen LogP) is 3.99. The third-order valence-corrected chi connectivity index (χ3v) is 3.74. The van der Waals surface area contributed by atoms with Crippen LogP contribution in [0.5, 0.6) is 0 Å². The first-order valence-corrected chi connectivity index (χ1v) is 6.56. The fraction of sp³-hybridized carbons (Fsp3) is 0.133. The highest BCUT2D eigenvalue weighted by Gasteiger charge is 2.06. The Kier molecular flexibility index (Phi) is 4.13. The average molecular weight is 294 g/mol. The van der Waals surface area contributed by atoms with Crippen molar-refractivity contribution in [3.8, 4) is 0 Å². The number of rotatable bonds is 3. The number of benzene rings is 2. The van der Waals surface area contributed by atoms with Crippen LogP contribution in [0.15, 0.2) is 36.4 Å². The third kappa shape index (κ3) is 3.28.